The second-order valence-electron chi connectivity index (χ2n) is 5.47. The molecule has 0 atom stereocenters. The zero-order chi connectivity index (χ0) is 16.0. The molecule has 0 heterocycles. The van der Waals surface area contributed by atoms with Crippen LogP contribution in [-0.4, -0.2) is 24.9 Å². The van der Waals surface area contributed by atoms with Crippen LogP contribution in [0.5, 0.6) is 0 Å². The fraction of sp³-hybridized carbons (Fsp3) is 0.375. The number of amides is 2. The Morgan fingerprint density at radius 2 is 2.00 bits per heavy atom. The zero-order valence-corrected chi connectivity index (χ0v) is 12.6. The Morgan fingerprint density at radius 1 is 1.33 bits per heavy atom. The third-order valence-corrected chi connectivity index (χ3v) is 3.17. The van der Waals surface area contributed by atoms with Crippen LogP contribution >= 0.6 is 0 Å². The van der Waals surface area contributed by atoms with Gasteiger partial charge in [-0.05, 0) is 44.5 Å². The molecule has 112 valence electrons. The van der Waals surface area contributed by atoms with Crippen molar-refractivity contribution in [3.8, 4) is 11.8 Å². The summed E-state index contributed by atoms with van der Waals surface area (Å²) in [5.41, 5.74) is 12.1. The van der Waals surface area contributed by atoms with Crippen LogP contribution in [0.2, 0.25) is 0 Å². The predicted molar refractivity (Wildman–Crippen MR) is 82.4 cm³/mol. The smallest absolute Gasteiger partial charge is 0.251 e. The fourth-order valence-electron chi connectivity index (χ4n) is 1.58. The summed E-state index contributed by atoms with van der Waals surface area (Å²) in [6, 6.07) is 5.24. The molecule has 0 aliphatic carbocycles. The van der Waals surface area contributed by atoms with E-state index in [0.717, 1.165) is 11.1 Å². The van der Waals surface area contributed by atoms with Gasteiger partial charge in [-0.2, -0.15) is 0 Å². The topological polar surface area (TPSA) is 98.2 Å². The van der Waals surface area contributed by atoms with Gasteiger partial charge in [0.15, 0.2) is 0 Å². The number of primary amides is 1. The Balaban J connectivity index is 2.80. The van der Waals surface area contributed by atoms with E-state index in [1.54, 1.807) is 32.0 Å². The van der Waals surface area contributed by atoms with E-state index in [1.807, 2.05) is 6.92 Å². The largest absolute Gasteiger partial charge is 0.369 e. The molecule has 0 saturated heterocycles. The molecule has 5 nitrogen and oxygen atoms in total. The molecule has 0 aliphatic rings. The summed E-state index contributed by atoms with van der Waals surface area (Å²) < 4.78 is 0. The Kier molecular flexibility index (Phi) is 5.51. The van der Waals surface area contributed by atoms with Gasteiger partial charge in [0, 0.05) is 17.7 Å². The van der Waals surface area contributed by atoms with Gasteiger partial charge in [-0.15, -0.1) is 0 Å². The molecule has 0 aromatic heterocycles. The van der Waals surface area contributed by atoms with E-state index in [1.165, 1.54) is 0 Å². The van der Waals surface area contributed by atoms with Crippen molar-refractivity contribution in [3.63, 3.8) is 0 Å². The summed E-state index contributed by atoms with van der Waals surface area (Å²) >= 11 is 0. The van der Waals surface area contributed by atoms with Gasteiger partial charge < -0.3 is 16.8 Å². The molecule has 0 spiro atoms. The second-order valence-corrected chi connectivity index (χ2v) is 5.47. The summed E-state index contributed by atoms with van der Waals surface area (Å²) in [5, 5.41) is 2.71. The summed E-state index contributed by atoms with van der Waals surface area (Å²) in [6.07, 6.45) is 0. The Morgan fingerprint density at radius 3 is 2.52 bits per heavy atom. The quantitative estimate of drug-likeness (QED) is 0.705. The average Bonchev–Trinajstić information content (AvgIpc) is 2.43. The molecule has 1 rings (SSSR count). The first-order chi connectivity index (χ1) is 9.77. The lowest BCUT2D eigenvalue weighted by atomic mass is 9.92. The maximum absolute atomic E-state index is 12.1. The number of carbonyl (C=O) groups is 2. The van der Waals surface area contributed by atoms with Crippen molar-refractivity contribution in [3.05, 3.63) is 34.9 Å². The van der Waals surface area contributed by atoms with Gasteiger partial charge in [-0.1, -0.05) is 11.8 Å². The number of nitrogens with one attached hydrogen (secondary N) is 1. The lowest BCUT2D eigenvalue weighted by Gasteiger charge is -2.20. The van der Waals surface area contributed by atoms with E-state index in [-0.39, 0.29) is 12.5 Å². The van der Waals surface area contributed by atoms with E-state index in [9.17, 15) is 9.59 Å². The summed E-state index contributed by atoms with van der Waals surface area (Å²) in [5.74, 6) is 5.02. The monoisotopic (exact) mass is 287 g/mol. The highest BCUT2D eigenvalue weighted by molar-refractivity contribution is 5.95. The third kappa shape index (κ3) is 4.62. The molecule has 0 saturated carbocycles. The number of nitrogens with two attached hydrogens (primary N) is 2. The molecular weight excluding hydrogens is 266 g/mol. The van der Waals surface area contributed by atoms with Gasteiger partial charge in [0.1, 0.15) is 0 Å². The minimum atomic E-state index is -0.781. The van der Waals surface area contributed by atoms with Crippen molar-refractivity contribution >= 4 is 11.8 Å². The number of aryl methyl sites for hydroxylation is 1. The number of carbonyl (C=O) groups excluding carboxylic acids is 2. The first-order valence-corrected chi connectivity index (χ1v) is 6.65. The van der Waals surface area contributed by atoms with Crippen LogP contribution in [0.1, 0.15) is 35.3 Å². The first-order valence-electron chi connectivity index (χ1n) is 6.65. The van der Waals surface area contributed by atoms with Crippen LogP contribution in [0.3, 0.4) is 0 Å². The Bertz CT molecular complexity index is 610. The lowest BCUT2D eigenvalue weighted by Crippen LogP contribution is -2.42. The van der Waals surface area contributed by atoms with Gasteiger partial charge >= 0.3 is 0 Å². The van der Waals surface area contributed by atoms with E-state index >= 15 is 0 Å². The summed E-state index contributed by atoms with van der Waals surface area (Å²) in [7, 11) is 0. The standard InChI is InChI=1S/C16H21N3O2/c1-11-9-13(7-6-12(11)5-4-8-17)14(20)19-10-16(2,3)15(18)21/h6-7,9H,8,10,17H2,1-3H3,(H2,18,21)(H,19,20). The predicted octanol–water partition coefficient (Wildman–Crippen LogP) is 0.547. The van der Waals surface area contributed by atoms with Crippen molar-refractivity contribution in [2.24, 2.45) is 16.9 Å². The Labute approximate surface area is 125 Å². The van der Waals surface area contributed by atoms with Crippen LogP contribution < -0.4 is 16.8 Å². The molecule has 0 radical (unpaired) electrons. The van der Waals surface area contributed by atoms with Crippen molar-refractivity contribution in [1.82, 2.24) is 5.32 Å². The van der Waals surface area contributed by atoms with Crippen LogP contribution in [0.15, 0.2) is 18.2 Å². The van der Waals surface area contributed by atoms with Gasteiger partial charge in [-0.3, -0.25) is 9.59 Å². The number of hydrogen-bond acceptors (Lipinski definition) is 3. The van der Waals surface area contributed by atoms with Crippen molar-refractivity contribution in [1.29, 1.82) is 0 Å². The average molecular weight is 287 g/mol. The van der Waals surface area contributed by atoms with Crippen molar-refractivity contribution < 1.29 is 9.59 Å². The minimum Gasteiger partial charge on any atom is -0.369 e. The van der Waals surface area contributed by atoms with Gasteiger partial charge in [0.05, 0.1) is 12.0 Å². The minimum absolute atomic E-state index is 0.189. The number of benzene rings is 1. The van der Waals surface area contributed by atoms with E-state index in [2.05, 4.69) is 17.2 Å². The van der Waals surface area contributed by atoms with Gasteiger partial charge in [0.25, 0.3) is 5.91 Å². The molecule has 0 fully saturated rings. The van der Waals surface area contributed by atoms with E-state index < -0.39 is 11.3 Å². The molecule has 1 aromatic rings. The number of rotatable bonds is 4. The molecule has 0 bridgehead atoms. The highest BCUT2D eigenvalue weighted by Crippen LogP contribution is 2.13. The van der Waals surface area contributed by atoms with E-state index in [4.69, 9.17) is 11.5 Å². The molecular formula is C16H21N3O2. The lowest BCUT2D eigenvalue weighted by molar-refractivity contribution is -0.125. The second kappa shape index (κ2) is 6.91. The van der Waals surface area contributed by atoms with Crippen LogP contribution in [0.4, 0.5) is 0 Å². The molecule has 0 unspecified atom stereocenters. The van der Waals surface area contributed by atoms with Crippen LogP contribution in [0.25, 0.3) is 0 Å². The van der Waals surface area contributed by atoms with Crippen molar-refractivity contribution in [2.45, 2.75) is 20.8 Å². The zero-order valence-electron chi connectivity index (χ0n) is 12.6. The molecule has 2 amide bonds. The molecule has 5 N–H and O–H groups in total. The van der Waals surface area contributed by atoms with Gasteiger partial charge in [0.2, 0.25) is 5.91 Å². The highest BCUT2D eigenvalue weighted by Gasteiger charge is 2.25. The molecule has 5 heteroatoms. The summed E-state index contributed by atoms with van der Waals surface area (Å²) in [4.78, 5) is 23.3. The van der Waals surface area contributed by atoms with Gasteiger partial charge in [-0.25, -0.2) is 0 Å². The van der Waals surface area contributed by atoms with Crippen LogP contribution in [0, 0.1) is 24.2 Å². The van der Waals surface area contributed by atoms with E-state index in [0.29, 0.717) is 12.1 Å². The SMILES string of the molecule is Cc1cc(C(=O)NCC(C)(C)C(N)=O)ccc1C#CCN. The third-order valence-electron chi connectivity index (χ3n) is 3.17. The number of hydrogen-bond donors (Lipinski definition) is 3. The molecule has 1 aromatic carbocycles. The molecule has 0 aliphatic heterocycles. The fourth-order valence-corrected chi connectivity index (χ4v) is 1.58. The maximum Gasteiger partial charge on any atom is 0.251 e. The van der Waals surface area contributed by atoms with Crippen LogP contribution in [-0.2, 0) is 4.79 Å². The maximum atomic E-state index is 12.1. The highest BCUT2D eigenvalue weighted by atomic mass is 16.2. The van der Waals surface area contributed by atoms with Crippen molar-refractivity contribution in [2.75, 3.05) is 13.1 Å². The Hall–Kier alpha value is -2.32. The molecule has 21 heavy (non-hydrogen) atoms. The normalized spacial score (nSPS) is 10.5. The first kappa shape index (κ1) is 16.7. The summed E-state index contributed by atoms with van der Waals surface area (Å²) in [6.45, 7) is 5.74.